The van der Waals surface area contributed by atoms with Crippen molar-refractivity contribution < 1.29 is 14.3 Å². The Morgan fingerprint density at radius 3 is 3.11 bits per heavy atom. The number of hydrogen-bond donors (Lipinski definition) is 1. The van der Waals surface area contributed by atoms with Crippen molar-refractivity contribution >= 4 is 28.5 Å². The molecule has 0 unspecified atom stereocenters. The number of ether oxygens (including phenoxy) is 1. The number of carbonyl (C=O) groups is 2. The molecule has 1 aromatic rings. The molecule has 0 atom stereocenters. The predicted octanol–water partition coefficient (Wildman–Crippen LogP) is 1.62. The minimum atomic E-state index is -0.286. The summed E-state index contributed by atoms with van der Waals surface area (Å²) < 4.78 is 4.80. The molecule has 6 nitrogen and oxygen atoms in total. The Balaban J connectivity index is 1.67. The van der Waals surface area contributed by atoms with Gasteiger partial charge in [-0.25, -0.2) is 9.78 Å². The Bertz CT molecular complexity index is 446. The molecule has 1 N–H and O–H groups in total. The molecule has 0 saturated carbocycles. The summed E-state index contributed by atoms with van der Waals surface area (Å²) in [6.45, 7) is 3.50. The van der Waals surface area contributed by atoms with Crippen LogP contribution in [0.3, 0.4) is 0 Å². The van der Waals surface area contributed by atoms with E-state index in [-0.39, 0.29) is 12.0 Å². The van der Waals surface area contributed by atoms with Gasteiger partial charge in [-0.15, -0.1) is 11.3 Å². The van der Waals surface area contributed by atoms with Crippen LogP contribution in [-0.4, -0.2) is 41.6 Å². The standard InChI is InChI=1S/C11H15N3O3S/c1-8-7-18-10(12-8)13-9(15)3-2-4-14-5-6-17-11(14)16/h7H,2-6H2,1H3,(H,12,13,15). The summed E-state index contributed by atoms with van der Waals surface area (Å²) in [6.07, 6.45) is 0.721. The molecule has 0 aliphatic carbocycles. The number of aryl methyl sites for hydroxylation is 1. The molecule has 0 radical (unpaired) electrons. The molecule has 0 bridgehead atoms. The molecule has 2 rings (SSSR count). The fraction of sp³-hybridized carbons (Fsp3) is 0.545. The van der Waals surface area contributed by atoms with Crippen LogP contribution in [0.5, 0.6) is 0 Å². The maximum Gasteiger partial charge on any atom is 0.409 e. The first-order chi connectivity index (χ1) is 8.65. The lowest BCUT2D eigenvalue weighted by Gasteiger charge is -2.11. The molecule has 98 valence electrons. The fourth-order valence-electron chi connectivity index (χ4n) is 1.65. The van der Waals surface area contributed by atoms with Gasteiger partial charge in [-0.1, -0.05) is 0 Å². The second kappa shape index (κ2) is 5.81. The number of rotatable bonds is 5. The smallest absolute Gasteiger partial charge is 0.409 e. The highest BCUT2D eigenvalue weighted by Gasteiger charge is 2.21. The lowest BCUT2D eigenvalue weighted by Crippen LogP contribution is -2.26. The van der Waals surface area contributed by atoms with Crippen molar-refractivity contribution in [3.63, 3.8) is 0 Å². The zero-order chi connectivity index (χ0) is 13.0. The molecule has 0 aromatic carbocycles. The van der Waals surface area contributed by atoms with Gasteiger partial charge in [-0.2, -0.15) is 0 Å². The lowest BCUT2D eigenvalue weighted by molar-refractivity contribution is -0.116. The van der Waals surface area contributed by atoms with Crippen LogP contribution < -0.4 is 5.32 Å². The van der Waals surface area contributed by atoms with Gasteiger partial charge < -0.3 is 15.0 Å². The van der Waals surface area contributed by atoms with Gasteiger partial charge in [0.15, 0.2) is 5.13 Å². The van der Waals surface area contributed by atoms with Gasteiger partial charge in [0.1, 0.15) is 6.61 Å². The average molecular weight is 269 g/mol. The first-order valence-corrected chi connectivity index (χ1v) is 6.67. The van der Waals surface area contributed by atoms with Crippen molar-refractivity contribution in [3.8, 4) is 0 Å². The number of aromatic nitrogens is 1. The van der Waals surface area contributed by atoms with Crippen LogP contribution in [0.15, 0.2) is 5.38 Å². The molecular formula is C11H15N3O3S. The van der Waals surface area contributed by atoms with Crippen molar-refractivity contribution in [1.29, 1.82) is 0 Å². The SMILES string of the molecule is Cc1csc(NC(=O)CCCN2CCOC2=O)n1. The molecule has 1 aromatic heterocycles. The van der Waals surface area contributed by atoms with Crippen LogP contribution in [-0.2, 0) is 9.53 Å². The highest BCUT2D eigenvalue weighted by atomic mass is 32.1. The minimum absolute atomic E-state index is 0.0723. The maximum absolute atomic E-state index is 11.6. The van der Waals surface area contributed by atoms with E-state index < -0.39 is 0 Å². The number of cyclic esters (lactones) is 1. The molecule has 1 aliphatic heterocycles. The van der Waals surface area contributed by atoms with Crippen LogP contribution in [0.1, 0.15) is 18.5 Å². The maximum atomic E-state index is 11.6. The quantitative estimate of drug-likeness (QED) is 0.881. The van der Waals surface area contributed by atoms with E-state index in [0.717, 1.165) is 5.69 Å². The summed E-state index contributed by atoms with van der Waals surface area (Å²) in [7, 11) is 0. The van der Waals surface area contributed by atoms with Gasteiger partial charge in [0, 0.05) is 18.3 Å². The first-order valence-electron chi connectivity index (χ1n) is 5.79. The van der Waals surface area contributed by atoms with Crippen molar-refractivity contribution in [1.82, 2.24) is 9.88 Å². The third kappa shape index (κ3) is 3.43. The Labute approximate surface area is 109 Å². The van der Waals surface area contributed by atoms with Gasteiger partial charge >= 0.3 is 6.09 Å². The molecule has 18 heavy (non-hydrogen) atoms. The number of nitrogens with one attached hydrogen (secondary N) is 1. The summed E-state index contributed by atoms with van der Waals surface area (Å²) in [4.78, 5) is 28.5. The molecular weight excluding hydrogens is 254 g/mol. The zero-order valence-electron chi connectivity index (χ0n) is 10.1. The number of thiazole rings is 1. The molecule has 1 aliphatic rings. The second-order valence-electron chi connectivity index (χ2n) is 4.05. The second-order valence-corrected chi connectivity index (χ2v) is 4.91. The summed E-state index contributed by atoms with van der Waals surface area (Å²) in [5, 5.41) is 5.24. The highest BCUT2D eigenvalue weighted by molar-refractivity contribution is 7.13. The largest absolute Gasteiger partial charge is 0.448 e. The highest BCUT2D eigenvalue weighted by Crippen LogP contribution is 2.14. The Morgan fingerprint density at radius 2 is 2.50 bits per heavy atom. The third-order valence-corrected chi connectivity index (χ3v) is 3.42. The first kappa shape index (κ1) is 12.8. The minimum Gasteiger partial charge on any atom is -0.448 e. The molecule has 2 heterocycles. The summed E-state index contributed by atoms with van der Waals surface area (Å²) in [5.74, 6) is -0.0723. The van der Waals surface area contributed by atoms with Gasteiger partial charge in [-0.3, -0.25) is 4.79 Å². The van der Waals surface area contributed by atoms with E-state index in [9.17, 15) is 9.59 Å². The van der Waals surface area contributed by atoms with E-state index in [1.165, 1.54) is 11.3 Å². The normalized spacial score (nSPS) is 14.7. The van der Waals surface area contributed by atoms with Crippen molar-refractivity contribution in [3.05, 3.63) is 11.1 Å². The molecule has 2 amide bonds. The van der Waals surface area contributed by atoms with Gasteiger partial charge in [0.05, 0.1) is 12.2 Å². The van der Waals surface area contributed by atoms with E-state index in [1.807, 2.05) is 12.3 Å². The van der Waals surface area contributed by atoms with E-state index in [2.05, 4.69) is 10.3 Å². The Hall–Kier alpha value is -1.63. The van der Waals surface area contributed by atoms with Crippen LogP contribution in [0.25, 0.3) is 0 Å². The predicted molar refractivity (Wildman–Crippen MR) is 67.6 cm³/mol. The molecule has 0 spiro atoms. The van der Waals surface area contributed by atoms with Crippen LogP contribution >= 0.6 is 11.3 Å². The van der Waals surface area contributed by atoms with E-state index in [4.69, 9.17) is 4.74 Å². The van der Waals surface area contributed by atoms with Crippen LogP contribution in [0.2, 0.25) is 0 Å². The summed E-state index contributed by atoms with van der Waals surface area (Å²) in [6, 6.07) is 0. The number of anilines is 1. The third-order valence-electron chi connectivity index (χ3n) is 2.54. The van der Waals surface area contributed by atoms with Gasteiger partial charge in [-0.05, 0) is 13.3 Å². The van der Waals surface area contributed by atoms with Crippen molar-refractivity contribution in [2.75, 3.05) is 25.0 Å². The van der Waals surface area contributed by atoms with Crippen LogP contribution in [0.4, 0.5) is 9.93 Å². The van der Waals surface area contributed by atoms with E-state index >= 15 is 0 Å². The Kier molecular flexibility index (Phi) is 4.14. The molecule has 1 fully saturated rings. The van der Waals surface area contributed by atoms with E-state index in [1.54, 1.807) is 4.90 Å². The average Bonchev–Trinajstić information content (AvgIpc) is 2.89. The number of carbonyl (C=O) groups excluding carboxylic acids is 2. The van der Waals surface area contributed by atoms with Gasteiger partial charge in [0.2, 0.25) is 5.91 Å². The summed E-state index contributed by atoms with van der Waals surface area (Å²) in [5.41, 5.74) is 0.898. The Morgan fingerprint density at radius 1 is 1.67 bits per heavy atom. The number of hydrogen-bond acceptors (Lipinski definition) is 5. The van der Waals surface area contributed by atoms with E-state index in [0.29, 0.717) is 37.7 Å². The number of amides is 2. The summed E-state index contributed by atoms with van der Waals surface area (Å²) >= 11 is 1.41. The topological polar surface area (TPSA) is 71.5 Å². The van der Waals surface area contributed by atoms with Crippen molar-refractivity contribution in [2.24, 2.45) is 0 Å². The number of nitrogens with zero attached hydrogens (tertiary/aromatic N) is 2. The monoisotopic (exact) mass is 269 g/mol. The van der Waals surface area contributed by atoms with Crippen LogP contribution in [0, 0.1) is 6.92 Å². The van der Waals surface area contributed by atoms with Crippen molar-refractivity contribution in [2.45, 2.75) is 19.8 Å². The molecule has 7 heteroatoms. The fourth-order valence-corrected chi connectivity index (χ4v) is 2.36. The zero-order valence-corrected chi connectivity index (χ0v) is 11.0. The van der Waals surface area contributed by atoms with Gasteiger partial charge in [0.25, 0.3) is 0 Å². The lowest BCUT2D eigenvalue weighted by atomic mass is 10.3. The molecule has 1 saturated heterocycles.